The predicted molar refractivity (Wildman–Crippen MR) is 69.0 cm³/mol. The van der Waals surface area contributed by atoms with Crippen molar-refractivity contribution < 1.29 is 0 Å². The van der Waals surface area contributed by atoms with Gasteiger partial charge in [-0.15, -0.1) is 0 Å². The van der Waals surface area contributed by atoms with Gasteiger partial charge in [0.1, 0.15) is 11.5 Å². The Balaban J connectivity index is 1.87. The summed E-state index contributed by atoms with van der Waals surface area (Å²) in [7, 11) is 0. The number of hydrogen-bond donors (Lipinski definition) is 2. The van der Waals surface area contributed by atoms with Gasteiger partial charge in [0, 0.05) is 18.4 Å². The Hall–Kier alpha value is -1.55. The Morgan fingerprint density at radius 2 is 2.35 bits per heavy atom. The van der Waals surface area contributed by atoms with Crippen LogP contribution in [-0.2, 0) is 0 Å². The largest absolute Gasteiger partial charge is 0.368 e. The fourth-order valence-corrected chi connectivity index (χ4v) is 2.76. The van der Waals surface area contributed by atoms with E-state index in [1.54, 1.807) is 0 Å². The molecule has 17 heavy (non-hydrogen) atoms. The Labute approximate surface area is 101 Å². The third kappa shape index (κ3) is 1.89. The first kappa shape index (κ1) is 10.6. The van der Waals surface area contributed by atoms with Crippen molar-refractivity contribution in [1.82, 2.24) is 9.38 Å². The first-order valence-corrected chi connectivity index (χ1v) is 6.27. The fraction of sp³-hybridized carbons (Fsp3) is 0.462. The SMILES string of the molecule is NCC1CCCC1Nc1cccc2nccn12. The van der Waals surface area contributed by atoms with Crippen molar-refractivity contribution in [3.8, 4) is 0 Å². The van der Waals surface area contributed by atoms with Crippen LogP contribution in [0, 0.1) is 5.92 Å². The van der Waals surface area contributed by atoms with Gasteiger partial charge in [0.15, 0.2) is 0 Å². The molecule has 1 saturated carbocycles. The minimum absolute atomic E-state index is 0.507. The van der Waals surface area contributed by atoms with Crippen LogP contribution in [0.3, 0.4) is 0 Å². The van der Waals surface area contributed by atoms with E-state index in [-0.39, 0.29) is 0 Å². The highest BCUT2D eigenvalue weighted by Gasteiger charge is 2.26. The molecule has 1 aliphatic rings. The van der Waals surface area contributed by atoms with Gasteiger partial charge in [0.2, 0.25) is 0 Å². The van der Waals surface area contributed by atoms with Crippen LogP contribution in [0.2, 0.25) is 0 Å². The van der Waals surface area contributed by atoms with Crippen LogP contribution < -0.4 is 11.1 Å². The zero-order chi connectivity index (χ0) is 11.7. The van der Waals surface area contributed by atoms with E-state index >= 15 is 0 Å². The normalized spacial score (nSPS) is 24.3. The van der Waals surface area contributed by atoms with Crippen molar-refractivity contribution in [2.24, 2.45) is 11.7 Å². The van der Waals surface area contributed by atoms with Crippen molar-refractivity contribution >= 4 is 11.5 Å². The van der Waals surface area contributed by atoms with E-state index in [0.29, 0.717) is 12.0 Å². The molecule has 2 aromatic heterocycles. The summed E-state index contributed by atoms with van der Waals surface area (Å²) in [5.74, 6) is 1.72. The lowest BCUT2D eigenvalue weighted by Gasteiger charge is -2.21. The summed E-state index contributed by atoms with van der Waals surface area (Å²) in [6, 6.07) is 6.66. The molecule has 2 heterocycles. The monoisotopic (exact) mass is 230 g/mol. The average Bonchev–Trinajstić information content (AvgIpc) is 2.97. The van der Waals surface area contributed by atoms with Crippen molar-refractivity contribution in [2.45, 2.75) is 25.3 Å². The van der Waals surface area contributed by atoms with Crippen LogP contribution in [0.25, 0.3) is 5.65 Å². The first-order valence-electron chi connectivity index (χ1n) is 6.27. The quantitative estimate of drug-likeness (QED) is 0.846. The molecule has 4 nitrogen and oxygen atoms in total. The van der Waals surface area contributed by atoms with Crippen LogP contribution >= 0.6 is 0 Å². The van der Waals surface area contributed by atoms with Gasteiger partial charge < -0.3 is 11.1 Å². The molecule has 2 atom stereocenters. The van der Waals surface area contributed by atoms with E-state index < -0.39 is 0 Å². The minimum atomic E-state index is 0.507. The Bertz CT molecular complexity index is 505. The summed E-state index contributed by atoms with van der Waals surface area (Å²) in [6.07, 6.45) is 7.56. The molecule has 90 valence electrons. The Morgan fingerprint density at radius 1 is 1.41 bits per heavy atom. The number of hydrogen-bond acceptors (Lipinski definition) is 3. The number of nitrogens with one attached hydrogen (secondary N) is 1. The number of pyridine rings is 1. The smallest absolute Gasteiger partial charge is 0.138 e. The molecule has 3 N–H and O–H groups in total. The number of imidazole rings is 1. The molecule has 0 bridgehead atoms. The molecular formula is C13H18N4. The Morgan fingerprint density at radius 3 is 3.24 bits per heavy atom. The standard InChI is InChI=1S/C13H18N4/c14-9-10-3-1-4-11(10)16-13-6-2-5-12-15-7-8-17(12)13/h2,5-8,10-11,16H,1,3-4,9,14H2. The fourth-order valence-electron chi connectivity index (χ4n) is 2.76. The lowest BCUT2D eigenvalue weighted by atomic mass is 10.0. The number of rotatable bonds is 3. The highest BCUT2D eigenvalue weighted by Crippen LogP contribution is 2.27. The van der Waals surface area contributed by atoms with Gasteiger partial charge in [-0.25, -0.2) is 4.98 Å². The third-order valence-corrected chi connectivity index (χ3v) is 3.72. The summed E-state index contributed by atoms with van der Waals surface area (Å²) >= 11 is 0. The van der Waals surface area contributed by atoms with Crippen molar-refractivity contribution in [3.63, 3.8) is 0 Å². The summed E-state index contributed by atoms with van der Waals surface area (Å²) in [6.45, 7) is 0.775. The molecule has 0 spiro atoms. The molecule has 0 amide bonds. The molecule has 0 aliphatic heterocycles. The average molecular weight is 230 g/mol. The zero-order valence-corrected chi connectivity index (χ0v) is 9.84. The van der Waals surface area contributed by atoms with E-state index in [2.05, 4.69) is 20.8 Å². The second-order valence-corrected chi connectivity index (χ2v) is 4.74. The summed E-state index contributed by atoms with van der Waals surface area (Å²) < 4.78 is 2.09. The summed E-state index contributed by atoms with van der Waals surface area (Å²) in [5, 5.41) is 3.61. The number of fused-ring (bicyclic) bond motifs is 1. The van der Waals surface area contributed by atoms with Crippen LogP contribution in [0.5, 0.6) is 0 Å². The molecule has 3 rings (SSSR count). The zero-order valence-electron chi connectivity index (χ0n) is 9.84. The maximum atomic E-state index is 5.81. The molecule has 1 aliphatic carbocycles. The predicted octanol–water partition coefficient (Wildman–Crippen LogP) is 1.87. The summed E-state index contributed by atoms with van der Waals surface area (Å²) in [5.41, 5.74) is 6.79. The van der Waals surface area contributed by atoms with Crippen LogP contribution in [0.1, 0.15) is 19.3 Å². The second kappa shape index (κ2) is 4.37. The van der Waals surface area contributed by atoms with E-state index in [9.17, 15) is 0 Å². The molecule has 2 aromatic rings. The van der Waals surface area contributed by atoms with Gasteiger partial charge in [-0.05, 0) is 37.4 Å². The third-order valence-electron chi connectivity index (χ3n) is 3.72. The van der Waals surface area contributed by atoms with E-state index in [1.807, 2.05) is 24.5 Å². The molecule has 2 unspecified atom stereocenters. The highest BCUT2D eigenvalue weighted by molar-refractivity contribution is 5.50. The van der Waals surface area contributed by atoms with E-state index in [0.717, 1.165) is 18.0 Å². The Kier molecular flexibility index (Phi) is 2.73. The first-order chi connectivity index (χ1) is 8.38. The van der Waals surface area contributed by atoms with Gasteiger partial charge in [-0.3, -0.25) is 4.40 Å². The maximum Gasteiger partial charge on any atom is 0.138 e. The van der Waals surface area contributed by atoms with Gasteiger partial charge in [0.05, 0.1) is 0 Å². The van der Waals surface area contributed by atoms with E-state index in [4.69, 9.17) is 5.73 Å². The van der Waals surface area contributed by atoms with Crippen LogP contribution in [0.4, 0.5) is 5.82 Å². The lowest BCUT2D eigenvalue weighted by Crippen LogP contribution is -2.30. The molecule has 4 heteroatoms. The van der Waals surface area contributed by atoms with Gasteiger partial charge in [0.25, 0.3) is 0 Å². The summed E-state index contributed by atoms with van der Waals surface area (Å²) in [4.78, 5) is 4.29. The topological polar surface area (TPSA) is 55.3 Å². The highest BCUT2D eigenvalue weighted by atomic mass is 15.1. The molecule has 0 radical (unpaired) electrons. The number of aromatic nitrogens is 2. The van der Waals surface area contributed by atoms with Crippen molar-refractivity contribution in [1.29, 1.82) is 0 Å². The van der Waals surface area contributed by atoms with E-state index in [1.165, 1.54) is 19.3 Å². The van der Waals surface area contributed by atoms with Crippen LogP contribution in [0.15, 0.2) is 30.6 Å². The molecule has 0 saturated heterocycles. The van der Waals surface area contributed by atoms with Crippen LogP contribution in [-0.4, -0.2) is 22.0 Å². The minimum Gasteiger partial charge on any atom is -0.368 e. The lowest BCUT2D eigenvalue weighted by molar-refractivity contribution is 0.515. The number of nitrogens with two attached hydrogens (primary N) is 1. The van der Waals surface area contributed by atoms with Gasteiger partial charge in [-0.1, -0.05) is 12.5 Å². The van der Waals surface area contributed by atoms with Gasteiger partial charge in [-0.2, -0.15) is 0 Å². The van der Waals surface area contributed by atoms with Gasteiger partial charge >= 0.3 is 0 Å². The number of anilines is 1. The maximum absolute atomic E-state index is 5.81. The van der Waals surface area contributed by atoms with Crippen molar-refractivity contribution in [3.05, 3.63) is 30.6 Å². The second-order valence-electron chi connectivity index (χ2n) is 4.74. The van der Waals surface area contributed by atoms with Crippen molar-refractivity contribution in [2.75, 3.05) is 11.9 Å². The molecule has 0 aromatic carbocycles. The number of nitrogens with zero attached hydrogens (tertiary/aromatic N) is 2. The molecular weight excluding hydrogens is 212 g/mol. The molecule has 1 fully saturated rings.